The van der Waals surface area contributed by atoms with Crippen LogP contribution in [-0.2, 0) is 6.42 Å². The third kappa shape index (κ3) is 2.75. The summed E-state index contributed by atoms with van der Waals surface area (Å²) in [6.07, 6.45) is 0.963. The van der Waals surface area contributed by atoms with Crippen LogP contribution >= 0.6 is 0 Å². The molecule has 2 unspecified atom stereocenters. The average molecular weight is 312 g/mol. The molecule has 2 aromatic rings. The highest BCUT2D eigenvalue weighted by Crippen LogP contribution is 2.42. The Kier molecular flexibility index (Phi) is 4.18. The van der Waals surface area contributed by atoms with Crippen molar-refractivity contribution < 1.29 is 9.47 Å². The van der Waals surface area contributed by atoms with Crippen LogP contribution in [0.15, 0.2) is 36.4 Å². The van der Waals surface area contributed by atoms with E-state index in [4.69, 9.17) is 15.2 Å². The molecule has 0 bridgehead atoms. The van der Waals surface area contributed by atoms with Crippen molar-refractivity contribution in [1.82, 2.24) is 4.90 Å². The number of rotatable bonds is 3. The Morgan fingerprint density at radius 1 is 1.09 bits per heavy atom. The zero-order chi connectivity index (χ0) is 16.6. The Hall–Kier alpha value is -2.20. The second-order valence-corrected chi connectivity index (χ2v) is 6.19. The van der Waals surface area contributed by atoms with Crippen molar-refractivity contribution in [3.63, 3.8) is 0 Å². The smallest absolute Gasteiger partial charge is 0.126 e. The highest BCUT2D eigenvalue weighted by Gasteiger charge is 2.33. The fraction of sp³-hybridized carbons (Fsp3) is 0.368. The van der Waals surface area contributed by atoms with Crippen LogP contribution in [0.1, 0.15) is 29.7 Å². The van der Waals surface area contributed by atoms with Gasteiger partial charge in [0.2, 0.25) is 0 Å². The van der Waals surface area contributed by atoms with Crippen molar-refractivity contribution in [1.29, 1.82) is 0 Å². The van der Waals surface area contributed by atoms with Crippen molar-refractivity contribution in [2.75, 3.05) is 27.0 Å². The van der Waals surface area contributed by atoms with Gasteiger partial charge in [0.25, 0.3) is 0 Å². The maximum absolute atomic E-state index is 5.85. The maximum Gasteiger partial charge on any atom is 0.126 e. The van der Waals surface area contributed by atoms with E-state index in [0.717, 1.165) is 23.6 Å². The van der Waals surface area contributed by atoms with Gasteiger partial charge < -0.3 is 15.2 Å². The van der Waals surface area contributed by atoms with Gasteiger partial charge in [0.15, 0.2) is 0 Å². The minimum Gasteiger partial charge on any atom is -0.497 e. The van der Waals surface area contributed by atoms with Crippen molar-refractivity contribution in [2.24, 2.45) is 0 Å². The molecule has 0 radical (unpaired) electrons. The third-order valence-corrected chi connectivity index (χ3v) is 4.82. The molecule has 0 saturated heterocycles. The van der Waals surface area contributed by atoms with Crippen LogP contribution in [-0.4, -0.2) is 32.2 Å². The Morgan fingerprint density at radius 2 is 1.78 bits per heavy atom. The normalized spacial score (nSPS) is 20.9. The summed E-state index contributed by atoms with van der Waals surface area (Å²) in [5.74, 6) is 1.73. The van der Waals surface area contributed by atoms with Crippen molar-refractivity contribution in [3.05, 3.63) is 53.1 Å². The van der Waals surface area contributed by atoms with Crippen molar-refractivity contribution in [2.45, 2.75) is 25.4 Å². The highest BCUT2D eigenvalue weighted by molar-refractivity contribution is 5.53. The molecule has 0 aromatic heterocycles. The van der Waals surface area contributed by atoms with Gasteiger partial charge in [-0.15, -0.1) is 0 Å². The van der Waals surface area contributed by atoms with E-state index in [1.807, 2.05) is 18.2 Å². The van der Waals surface area contributed by atoms with Gasteiger partial charge in [-0.05, 0) is 49.7 Å². The lowest BCUT2D eigenvalue weighted by Gasteiger charge is -2.40. The molecule has 2 aromatic carbocycles. The molecule has 122 valence electrons. The molecule has 0 amide bonds. The molecule has 0 saturated carbocycles. The number of hydrogen-bond acceptors (Lipinski definition) is 4. The molecule has 2 atom stereocenters. The topological polar surface area (TPSA) is 47.7 Å². The molecule has 1 heterocycles. The summed E-state index contributed by atoms with van der Waals surface area (Å²) in [4.78, 5) is 2.40. The van der Waals surface area contributed by atoms with E-state index in [-0.39, 0.29) is 6.04 Å². The molecule has 4 heteroatoms. The van der Waals surface area contributed by atoms with E-state index in [1.165, 1.54) is 16.7 Å². The molecule has 0 aliphatic carbocycles. The van der Waals surface area contributed by atoms with Gasteiger partial charge in [-0.1, -0.05) is 12.1 Å². The Balaban J connectivity index is 2.18. The average Bonchev–Trinajstić information content (AvgIpc) is 2.56. The first kappa shape index (κ1) is 15.7. The summed E-state index contributed by atoms with van der Waals surface area (Å²) >= 11 is 0. The standard InChI is InChI=1S/C19H24N2O2/c1-12-9-16-17(10-15(22-3)11-18(16)23-4)19(21(12)2)13-5-7-14(20)8-6-13/h5-8,10-12,19H,9,20H2,1-4H3. The molecule has 1 aliphatic heterocycles. The fourth-order valence-corrected chi connectivity index (χ4v) is 3.41. The summed E-state index contributed by atoms with van der Waals surface area (Å²) in [5.41, 5.74) is 10.4. The van der Waals surface area contributed by atoms with Gasteiger partial charge in [0.05, 0.1) is 20.3 Å². The largest absolute Gasteiger partial charge is 0.497 e. The highest BCUT2D eigenvalue weighted by atomic mass is 16.5. The van der Waals surface area contributed by atoms with Crippen LogP contribution in [0.25, 0.3) is 0 Å². The van der Waals surface area contributed by atoms with E-state index in [1.54, 1.807) is 14.2 Å². The monoisotopic (exact) mass is 312 g/mol. The first-order valence-electron chi connectivity index (χ1n) is 7.87. The fourth-order valence-electron chi connectivity index (χ4n) is 3.41. The number of benzene rings is 2. The molecule has 2 N–H and O–H groups in total. The first-order valence-corrected chi connectivity index (χ1v) is 7.87. The van der Waals surface area contributed by atoms with Crippen molar-refractivity contribution >= 4 is 5.69 Å². The molecule has 4 nitrogen and oxygen atoms in total. The molecule has 0 fully saturated rings. The van der Waals surface area contributed by atoms with Gasteiger partial charge in [0.1, 0.15) is 11.5 Å². The zero-order valence-corrected chi connectivity index (χ0v) is 14.2. The number of nitrogens with two attached hydrogens (primary N) is 1. The van der Waals surface area contributed by atoms with Crippen LogP contribution < -0.4 is 15.2 Å². The maximum atomic E-state index is 5.85. The van der Waals surface area contributed by atoms with Gasteiger partial charge in [-0.25, -0.2) is 0 Å². The summed E-state index contributed by atoms with van der Waals surface area (Å²) in [7, 11) is 5.57. The number of nitrogens with zero attached hydrogens (tertiary/aromatic N) is 1. The zero-order valence-electron chi connectivity index (χ0n) is 14.2. The van der Waals surface area contributed by atoms with E-state index in [2.05, 4.69) is 37.1 Å². The number of hydrogen-bond donors (Lipinski definition) is 1. The van der Waals surface area contributed by atoms with E-state index < -0.39 is 0 Å². The van der Waals surface area contributed by atoms with Crippen molar-refractivity contribution in [3.8, 4) is 11.5 Å². The van der Waals surface area contributed by atoms with Crippen LogP contribution in [0.4, 0.5) is 5.69 Å². The SMILES string of the molecule is COc1cc(OC)c2c(c1)C(c1ccc(N)cc1)N(C)C(C)C2. The Morgan fingerprint density at radius 3 is 2.39 bits per heavy atom. The molecule has 23 heavy (non-hydrogen) atoms. The van der Waals surface area contributed by atoms with Gasteiger partial charge in [-0.2, -0.15) is 0 Å². The molecule has 3 rings (SSSR count). The van der Waals surface area contributed by atoms with E-state index in [0.29, 0.717) is 6.04 Å². The lowest BCUT2D eigenvalue weighted by molar-refractivity contribution is 0.190. The van der Waals surface area contributed by atoms with Gasteiger partial charge >= 0.3 is 0 Å². The van der Waals surface area contributed by atoms with Crippen LogP contribution in [0, 0.1) is 0 Å². The number of fused-ring (bicyclic) bond motifs is 1. The molecular formula is C19H24N2O2. The number of anilines is 1. The van der Waals surface area contributed by atoms with Crippen LogP contribution in [0.5, 0.6) is 11.5 Å². The molecular weight excluding hydrogens is 288 g/mol. The minimum absolute atomic E-state index is 0.165. The predicted octanol–water partition coefficient (Wildman–Crippen LogP) is 3.25. The van der Waals surface area contributed by atoms with E-state index >= 15 is 0 Å². The molecule has 1 aliphatic rings. The van der Waals surface area contributed by atoms with Crippen LogP contribution in [0.2, 0.25) is 0 Å². The summed E-state index contributed by atoms with van der Waals surface area (Å²) in [6.45, 7) is 2.25. The van der Waals surface area contributed by atoms with Gasteiger partial charge in [-0.3, -0.25) is 4.90 Å². The quantitative estimate of drug-likeness (QED) is 0.884. The second kappa shape index (κ2) is 6.13. The van der Waals surface area contributed by atoms with E-state index in [9.17, 15) is 0 Å². The Labute approximate surface area is 137 Å². The Bertz CT molecular complexity index is 697. The minimum atomic E-state index is 0.165. The summed E-state index contributed by atoms with van der Waals surface area (Å²) in [6, 6.07) is 12.8. The third-order valence-electron chi connectivity index (χ3n) is 4.82. The van der Waals surface area contributed by atoms with Crippen LogP contribution in [0.3, 0.4) is 0 Å². The summed E-state index contributed by atoms with van der Waals surface area (Å²) < 4.78 is 11.1. The molecule has 0 spiro atoms. The number of nitrogen functional groups attached to an aromatic ring is 1. The lowest BCUT2D eigenvalue weighted by atomic mass is 9.84. The predicted molar refractivity (Wildman–Crippen MR) is 93.2 cm³/mol. The number of likely N-dealkylation sites (N-methyl/N-ethyl adjacent to an activating group) is 1. The first-order chi connectivity index (χ1) is 11.0. The van der Waals surface area contributed by atoms with Gasteiger partial charge in [0, 0.05) is 23.4 Å². The summed E-state index contributed by atoms with van der Waals surface area (Å²) in [5, 5.41) is 0. The lowest BCUT2D eigenvalue weighted by Crippen LogP contribution is -2.39. The number of ether oxygens (including phenoxy) is 2. The second-order valence-electron chi connectivity index (χ2n) is 6.19. The number of methoxy groups -OCH3 is 2.